The van der Waals surface area contributed by atoms with Crippen LogP contribution in [-0.2, 0) is 6.42 Å². The summed E-state index contributed by atoms with van der Waals surface area (Å²) in [5.41, 5.74) is 4.66. The molecule has 0 atom stereocenters. The molecule has 0 aliphatic carbocycles. The van der Waals surface area contributed by atoms with Gasteiger partial charge in [0.15, 0.2) is 5.13 Å². The Morgan fingerprint density at radius 1 is 1.10 bits per heavy atom. The van der Waals surface area contributed by atoms with Gasteiger partial charge in [0.05, 0.1) is 15.9 Å². The van der Waals surface area contributed by atoms with Crippen LogP contribution in [0.3, 0.4) is 0 Å². The highest BCUT2D eigenvalue weighted by Gasteiger charge is 2.27. The Hall–Kier alpha value is -2.93. The quantitative estimate of drug-likeness (QED) is 0.521. The van der Waals surface area contributed by atoms with E-state index >= 15 is 0 Å². The van der Waals surface area contributed by atoms with E-state index in [1.54, 1.807) is 11.3 Å². The number of nitrogens with zero attached hydrogens (tertiary/aromatic N) is 5. The number of aromatic nitrogens is 3. The standard InChI is InChI=1S/C22H23N5OS/c1-3-16-7-8-17-18(14-16)29-22(24-17)26-12-10-25(11-13-26)21(28)20-15(2)23-19-6-4-5-9-27(19)20/h4-9,14H,3,10-13H2,1-2H3. The van der Waals surface area contributed by atoms with Crippen molar-refractivity contribution < 1.29 is 4.79 Å². The summed E-state index contributed by atoms with van der Waals surface area (Å²) in [5.74, 6) is 0.0535. The first-order valence-corrected chi connectivity index (χ1v) is 10.8. The van der Waals surface area contributed by atoms with Crippen molar-refractivity contribution in [3.8, 4) is 0 Å². The minimum atomic E-state index is 0.0535. The Morgan fingerprint density at radius 2 is 1.93 bits per heavy atom. The van der Waals surface area contributed by atoms with Gasteiger partial charge in [-0.05, 0) is 43.2 Å². The van der Waals surface area contributed by atoms with E-state index < -0.39 is 0 Å². The largest absolute Gasteiger partial charge is 0.345 e. The van der Waals surface area contributed by atoms with Crippen molar-refractivity contribution in [3.05, 3.63) is 59.5 Å². The second-order valence-corrected chi connectivity index (χ2v) is 8.42. The number of hydrogen-bond donors (Lipinski definition) is 0. The molecule has 3 aromatic heterocycles. The summed E-state index contributed by atoms with van der Waals surface area (Å²) >= 11 is 1.74. The molecular weight excluding hydrogens is 382 g/mol. The molecular formula is C22H23N5OS. The number of aryl methyl sites for hydroxylation is 2. The molecule has 0 N–H and O–H groups in total. The fraction of sp³-hybridized carbons (Fsp3) is 0.318. The second kappa shape index (κ2) is 7.15. The van der Waals surface area contributed by atoms with E-state index in [9.17, 15) is 4.79 Å². The number of anilines is 1. The van der Waals surface area contributed by atoms with E-state index in [0.29, 0.717) is 18.8 Å². The molecule has 0 saturated carbocycles. The highest BCUT2D eigenvalue weighted by Crippen LogP contribution is 2.30. The first-order valence-electron chi connectivity index (χ1n) is 10.0. The van der Waals surface area contributed by atoms with Crippen molar-refractivity contribution in [2.75, 3.05) is 31.1 Å². The predicted octanol–water partition coefficient (Wildman–Crippen LogP) is 3.78. The molecule has 4 heterocycles. The van der Waals surface area contributed by atoms with Gasteiger partial charge in [-0.25, -0.2) is 9.97 Å². The smallest absolute Gasteiger partial charge is 0.272 e. The second-order valence-electron chi connectivity index (χ2n) is 7.41. The maximum atomic E-state index is 13.2. The highest BCUT2D eigenvalue weighted by molar-refractivity contribution is 7.22. The van der Waals surface area contributed by atoms with Crippen LogP contribution in [0.2, 0.25) is 0 Å². The molecule has 1 aromatic carbocycles. The van der Waals surface area contributed by atoms with Crippen LogP contribution in [-0.4, -0.2) is 51.4 Å². The molecule has 6 nitrogen and oxygen atoms in total. The number of thiazole rings is 1. The number of fused-ring (bicyclic) bond motifs is 2. The van der Waals surface area contributed by atoms with Crippen LogP contribution in [0.15, 0.2) is 42.6 Å². The molecule has 5 rings (SSSR count). The molecule has 1 fully saturated rings. The lowest BCUT2D eigenvalue weighted by atomic mass is 10.2. The molecule has 0 spiro atoms. The summed E-state index contributed by atoms with van der Waals surface area (Å²) in [6.45, 7) is 7.04. The molecule has 1 aliphatic heterocycles. The lowest BCUT2D eigenvalue weighted by Gasteiger charge is -2.34. The Balaban J connectivity index is 1.33. The van der Waals surface area contributed by atoms with Crippen molar-refractivity contribution in [1.29, 1.82) is 0 Å². The molecule has 0 unspecified atom stereocenters. The van der Waals surface area contributed by atoms with E-state index in [-0.39, 0.29) is 5.91 Å². The van der Waals surface area contributed by atoms with Crippen molar-refractivity contribution in [2.45, 2.75) is 20.3 Å². The van der Waals surface area contributed by atoms with E-state index in [1.165, 1.54) is 10.3 Å². The molecule has 1 saturated heterocycles. The molecule has 29 heavy (non-hydrogen) atoms. The van der Waals surface area contributed by atoms with Gasteiger partial charge in [-0.1, -0.05) is 30.4 Å². The first-order chi connectivity index (χ1) is 14.1. The van der Waals surface area contributed by atoms with Crippen LogP contribution < -0.4 is 4.90 Å². The number of pyridine rings is 1. The molecule has 4 aromatic rings. The molecule has 1 aliphatic rings. The number of imidazole rings is 1. The summed E-state index contributed by atoms with van der Waals surface area (Å²) in [6.07, 6.45) is 2.94. The maximum absolute atomic E-state index is 13.2. The normalized spacial score (nSPS) is 14.8. The van der Waals surface area contributed by atoms with E-state index in [1.807, 2.05) is 40.6 Å². The predicted molar refractivity (Wildman–Crippen MR) is 117 cm³/mol. The zero-order chi connectivity index (χ0) is 20.0. The van der Waals surface area contributed by atoms with Gasteiger partial charge in [-0.2, -0.15) is 0 Å². The fourth-order valence-electron chi connectivity index (χ4n) is 3.93. The number of carbonyl (C=O) groups excluding carboxylic acids is 1. The van der Waals surface area contributed by atoms with Crippen molar-refractivity contribution >= 4 is 38.2 Å². The Morgan fingerprint density at radius 3 is 2.72 bits per heavy atom. The number of rotatable bonds is 3. The topological polar surface area (TPSA) is 53.7 Å². The Bertz CT molecular complexity index is 1200. The zero-order valence-electron chi connectivity index (χ0n) is 16.6. The van der Waals surface area contributed by atoms with Gasteiger partial charge < -0.3 is 9.80 Å². The Kier molecular flexibility index (Phi) is 4.47. The van der Waals surface area contributed by atoms with Gasteiger partial charge in [-0.3, -0.25) is 9.20 Å². The number of amides is 1. The first kappa shape index (κ1) is 18.1. The molecule has 7 heteroatoms. The van der Waals surface area contributed by atoms with Gasteiger partial charge in [-0.15, -0.1) is 0 Å². The summed E-state index contributed by atoms with van der Waals surface area (Å²) in [4.78, 5) is 26.7. The fourth-order valence-corrected chi connectivity index (χ4v) is 5.01. The SMILES string of the molecule is CCc1ccc2nc(N3CCN(C(=O)c4c(C)nc5ccccn45)CC3)sc2c1. The van der Waals surface area contributed by atoms with E-state index in [4.69, 9.17) is 4.98 Å². The lowest BCUT2D eigenvalue weighted by Crippen LogP contribution is -2.49. The van der Waals surface area contributed by atoms with Crippen LogP contribution >= 0.6 is 11.3 Å². The van der Waals surface area contributed by atoms with E-state index in [2.05, 4.69) is 35.0 Å². The minimum Gasteiger partial charge on any atom is -0.345 e. The summed E-state index contributed by atoms with van der Waals surface area (Å²) in [7, 11) is 0. The van der Waals surface area contributed by atoms with Gasteiger partial charge in [0.2, 0.25) is 0 Å². The molecule has 1 amide bonds. The monoisotopic (exact) mass is 405 g/mol. The van der Waals surface area contributed by atoms with Gasteiger partial charge >= 0.3 is 0 Å². The Labute approximate surface area is 173 Å². The highest BCUT2D eigenvalue weighted by atomic mass is 32.1. The average Bonchev–Trinajstić information content (AvgIpc) is 3.32. The zero-order valence-corrected chi connectivity index (χ0v) is 17.4. The van der Waals surface area contributed by atoms with Crippen molar-refractivity contribution in [2.24, 2.45) is 0 Å². The third-order valence-corrected chi connectivity index (χ3v) is 6.67. The van der Waals surface area contributed by atoms with Crippen LogP contribution in [0.5, 0.6) is 0 Å². The summed E-state index contributed by atoms with van der Waals surface area (Å²) in [6, 6.07) is 12.3. The number of carbonyl (C=O) groups is 1. The molecule has 0 bridgehead atoms. The lowest BCUT2D eigenvalue weighted by molar-refractivity contribution is 0.0739. The minimum absolute atomic E-state index is 0.0535. The van der Waals surface area contributed by atoms with Crippen LogP contribution in [0.1, 0.15) is 28.7 Å². The maximum Gasteiger partial charge on any atom is 0.272 e. The average molecular weight is 406 g/mol. The number of piperazine rings is 1. The van der Waals surface area contributed by atoms with Gasteiger partial charge in [0.1, 0.15) is 11.3 Å². The van der Waals surface area contributed by atoms with Crippen LogP contribution in [0, 0.1) is 6.92 Å². The summed E-state index contributed by atoms with van der Waals surface area (Å²) < 4.78 is 3.13. The third kappa shape index (κ3) is 3.15. The number of benzene rings is 1. The van der Waals surface area contributed by atoms with E-state index in [0.717, 1.165) is 41.5 Å². The van der Waals surface area contributed by atoms with Crippen molar-refractivity contribution in [1.82, 2.24) is 19.3 Å². The molecule has 148 valence electrons. The summed E-state index contributed by atoms with van der Waals surface area (Å²) in [5, 5.41) is 1.05. The van der Waals surface area contributed by atoms with Gasteiger partial charge in [0.25, 0.3) is 5.91 Å². The van der Waals surface area contributed by atoms with Gasteiger partial charge in [0, 0.05) is 32.4 Å². The molecule has 0 radical (unpaired) electrons. The van der Waals surface area contributed by atoms with Crippen LogP contribution in [0.4, 0.5) is 5.13 Å². The number of hydrogen-bond acceptors (Lipinski definition) is 5. The van der Waals surface area contributed by atoms with Crippen molar-refractivity contribution in [3.63, 3.8) is 0 Å². The van der Waals surface area contributed by atoms with Crippen LogP contribution in [0.25, 0.3) is 15.9 Å². The third-order valence-electron chi connectivity index (χ3n) is 5.59.